The van der Waals surface area contributed by atoms with Crippen LogP contribution in [-0.4, -0.2) is 10.7 Å². The molecule has 0 N–H and O–H groups in total. The maximum atomic E-state index is 10.4. The molecule has 0 saturated heterocycles. The lowest BCUT2D eigenvalue weighted by Crippen LogP contribution is -2.32. The van der Waals surface area contributed by atoms with Gasteiger partial charge in [-0.3, -0.25) is 0 Å². The Morgan fingerprint density at radius 2 is 2.17 bits per heavy atom. The molecule has 18 heavy (non-hydrogen) atoms. The normalized spacial score (nSPS) is 13.6. The first-order valence-corrected chi connectivity index (χ1v) is 6.28. The van der Waals surface area contributed by atoms with Crippen LogP contribution in [0.2, 0.25) is 0 Å². The number of rotatable bonds is 6. The zero-order valence-electron chi connectivity index (χ0n) is 12.0. The minimum absolute atomic E-state index is 0.167. The average molecular weight is 254 g/mol. The quantitative estimate of drug-likeness (QED) is 0.578. The number of hydrogen-bond acceptors (Lipinski definition) is 3. The predicted molar refractivity (Wildman–Crippen MR) is 69.7 cm³/mol. The molecule has 0 radical (unpaired) electrons. The molecule has 5 heteroatoms. The summed E-state index contributed by atoms with van der Waals surface area (Å²) in [5.74, 6) is 0.855. The van der Waals surface area contributed by atoms with Gasteiger partial charge in [0.25, 0.3) is 5.82 Å². The highest BCUT2D eigenvalue weighted by Gasteiger charge is 2.18. The van der Waals surface area contributed by atoms with Crippen LogP contribution >= 0.6 is 0 Å². The minimum Gasteiger partial charge on any atom is -0.339 e. The van der Waals surface area contributed by atoms with E-state index in [1.54, 1.807) is 0 Å². The minimum atomic E-state index is 0.167. The van der Waals surface area contributed by atoms with Crippen LogP contribution in [-0.2, 0) is 25.1 Å². The summed E-state index contributed by atoms with van der Waals surface area (Å²) in [5, 5.41) is 2.94. The van der Waals surface area contributed by atoms with E-state index in [4.69, 9.17) is 4.74 Å². The third-order valence-electron chi connectivity index (χ3n) is 2.81. The Labute approximate surface area is 109 Å². The van der Waals surface area contributed by atoms with Crippen molar-refractivity contribution in [2.45, 2.75) is 53.5 Å². The molecule has 0 aliphatic heterocycles. The molecular formula is C13H24N3O2+. The summed E-state index contributed by atoms with van der Waals surface area (Å²) < 4.78 is 9.62. The van der Waals surface area contributed by atoms with E-state index in [0.717, 1.165) is 12.2 Å². The Hall–Kier alpha value is -1.23. The van der Waals surface area contributed by atoms with E-state index in [0.29, 0.717) is 6.73 Å². The molecule has 1 unspecified atom stereocenters. The molecule has 1 heterocycles. The van der Waals surface area contributed by atoms with E-state index >= 15 is 0 Å². The van der Waals surface area contributed by atoms with Crippen molar-refractivity contribution in [2.75, 3.05) is 0 Å². The molecular weight excluding hydrogens is 230 g/mol. The lowest BCUT2D eigenvalue weighted by Gasteiger charge is -2.22. The van der Waals surface area contributed by atoms with Gasteiger partial charge in [-0.25, -0.2) is 9.13 Å². The Morgan fingerprint density at radius 3 is 2.72 bits per heavy atom. The molecule has 1 aromatic heterocycles. The third-order valence-corrected chi connectivity index (χ3v) is 2.81. The van der Waals surface area contributed by atoms with Crippen LogP contribution in [0.5, 0.6) is 0 Å². The van der Waals surface area contributed by atoms with Crippen LogP contribution in [0, 0.1) is 10.3 Å². The van der Waals surface area contributed by atoms with E-state index < -0.39 is 0 Å². The highest BCUT2D eigenvalue weighted by Crippen LogP contribution is 2.22. The Kier molecular flexibility index (Phi) is 5.02. The smallest absolute Gasteiger partial charge is 0.283 e. The molecule has 0 saturated carbocycles. The Balaban J connectivity index is 2.55. The fourth-order valence-corrected chi connectivity index (χ4v) is 2.06. The number of nitroso groups, excluding NO2 is 1. The van der Waals surface area contributed by atoms with Gasteiger partial charge in [0, 0.05) is 0 Å². The molecule has 102 valence electrons. The van der Waals surface area contributed by atoms with Gasteiger partial charge in [0.1, 0.15) is 12.4 Å². The van der Waals surface area contributed by atoms with E-state index in [2.05, 4.69) is 32.9 Å². The lowest BCUT2D eigenvalue weighted by atomic mass is 9.90. The van der Waals surface area contributed by atoms with Gasteiger partial charge in [-0.15, -0.1) is 0 Å². The van der Waals surface area contributed by atoms with Crippen molar-refractivity contribution in [1.29, 1.82) is 0 Å². The van der Waals surface area contributed by atoms with Crippen LogP contribution in [0.1, 0.15) is 39.9 Å². The van der Waals surface area contributed by atoms with Gasteiger partial charge in [0.2, 0.25) is 0 Å². The van der Waals surface area contributed by atoms with Crippen molar-refractivity contribution in [3.8, 4) is 0 Å². The first kappa shape index (κ1) is 14.8. The van der Waals surface area contributed by atoms with Gasteiger partial charge in [-0.05, 0) is 18.8 Å². The second-order valence-electron chi connectivity index (χ2n) is 5.95. The molecule has 0 amide bonds. The molecule has 0 bridgehead atoms. The van der Waals surface area contributed by atoms with E-state index in [-0.39, 0.29) is 18.1 Å². The molecule has 1 atom stereocenters. The Bertz CT molecular complexity index is 393. The molecule has 0 spiro atoms. The molecule has 5 nitrogen and oxygen atoms in total. The van der Waals surface area contributed by atoms with Crippen molar-refractivity contribution in [1.82, 2.24) is 4.57 Å². The zero-order valence-corrected chi connectivity index (χ0v) is 12.0. The maximum Gasteiger partial charge on any atom is 0.283 e. The number of nitrogens with zero attached hydrogens (tertiary/aromatic N) is 3. The number of aryl methyl sites for hydroxylation is 1. The monoisotopic (exact) mass is 254 g/mol. The topological polar surface area (TPSA) is 47.5 Å². The van der Waals surface area contributed by atoms with Gasteiger partial charge in [-0.1, -0.05) is 25.9 Å². The van der Waals surface area contributed by atoms with Crippen LogP contribution in [0.3, 0.4) is 0 Å². The van der Waals surface area contributed by atoms with E-state index in [9.17, 15) is 4.91 Å². The average Bonchev–Trinajstić information content (AvgIpc) is 2.56. The van der Waals surface area contributed by atoms with E-state index in [1.165, 1.54) is 0 Å². The molecule has 0 aliphatic carbocycles. The van der Waals surface area contributed by atoms with Crippen molar-refractivity contribution >= 4 is 0 Å². The van der Waals surface area contributed by atoms with Gasteiger partial charge in [0.15, 0.2) is 13.3 Å². The number of ether oxygens (including phenoxy) is 1. The number of aromatic nitrogens is 2. The van der Waals surface area contributed by atoms with Crippen molar-refractivity contribution < 1.29 is 9.30 Å². The summed E-state index contributed by atoms with van der Waals surface area (Å²) in [5.41, 5.74) is 0.258. The first-order valence-electron chi connectivity index (χ1n) is 6.28. The number of imidazole rings is 1. The van der Waals surface area contributed by atoms with Crippen molar-refractivity contribution in [3.05, 3.63) is 23.1 Å². The molecule has 1 rings (SSSR count). The maximum absolute atomic E-state index is 10.4. The van der Waals surface area contributed by atoms with Crippen molar-refractivity contribution in [3.63, 3.8) is 0 Å². The van der Waals surface area contributed by atoms with Crippen molar-refractivity contribution in [2.24, 2.45) is 17.6 Å². The Morgan fingerprint density at radius 1 is 1.50 bits per heavy atom. The fourth-order valence-electron chi connectivity index (χ4n) is 2.06. The highest BCUT2D eigenvalue weighted by molar-refractivity contribution is 4.82. The van der Waals surface area contributed by atoms with Crippen LogP contribution < -0.4 is 4.57 Å². The number of hydrogen-bond donors (Lipinski definition) is 0. The second kappa shape index (κ2) is 6.09. The lowest BCUT2D eigenvalue weighted by molar-refractivity contribution is -0.679. The molecule has 0 aromatic carbocycles. The van der Waals surface area contributed by atoms with Crippen LogP contribution in [0.15, 0.2) is 17.6 Å². The standard InChI is InChI=1S/C13H24N3O2/c1-11(8-13(2,3)4)18-10-16-7-6-15(5)12(16)9-14-17/h6-7,11H,8-10H2,1-5H3/q+1. The van der Waals surface area contributed by atoms with Gasteiger partial charge < -0.3 is 4.74 Å². The SMILES string of the molecule is CC(CC(C)(C)C)OCn1cc[n+](C)c1CN=O. The predicted octanol–water partition coefficient (Wildman–Crippen LogP) is 2.38. The highest BCUT2D eigenvalue weighted by atomic mass is 16.5. The first-order chi connectivity index (χ1) is 8.33. The van der Waals surface area contributed by atoms with Crippen LogP contribution in [0.25, 0.3) is 0 Å². The fraction of sp³-hybridized carbons (Fsp3) is 0.769. The second-order valence-corrected chi connectivity index (χ2v) is 5.95. The summed E-state index contributed by atoms with van der Waals surface area (Å²) in [4.78, 5) is 10.4. The summed E-state index contributed by atoms with van der Waals surface area (Å²) in [6, 6.07) is 0. The molecule has 0 fully saturated rings. The largest absolute Gasteiger partial charge is 0.339 e. The summed E-state index contributed by atoms with van der Waals surface area (Å²) in [6.07, 6.45) is 5.00. The van der Waals surface area contributed by atoms with E-state index in [1.807, 2.05) is 28.6 Å². The van der Waals surface area contributed by atoms with Gasteiger partial charge in [-0.2, -0.15) is 4.91 Å². The third kappa shape index (κ3) is 4.56. The molecule has 0 aliphatic rings. The van der Waals surface area contributed by atoms with Gasteiger partial charge in [0.05, 0.1) is 13.2 Å². The summed E-state index contributed by atoms with van der Waals surface area (Å²) >= 11 is 0. The molecule has 1 aromatic rings. The zero-order chi connectivity index (χ0) is 13.8. The van der Waals surface area contributed by atoms with Crippen LogP contribution in [0.4, 0.5) is 0 Å². The summed E-state index contributed by atoms with van der Waals surface area (Å²) in [7, 11) is 1.90. The van der Waals surface area contributed by atoms with Gasteiger partial charge >= 0.3 is 0 Å². The summed E-state index contributed by atoms with van der Waals surface area (Å²) in [6.45, 7) is 9.30.